The van der Waals surface area contributed by atoms with E-state index in [1.807, 2.05) is 6.92 Å². The molecule has 2 N–H and O–H groups in total. The third-order valence-corrected chi connectivity index (χ3v) is 2.02. The maximum absolute atomic E-state index is 11.3. The minimum Gasteiger partial charge on any atom is -0.477 e. The van der Waals surface area contributed by atoms with E-state index in [1.165, 1.54) is 18.3 Å². The quantitative estimate of drug-likeness (QED) is 0.797. The number of nitrogens with zero attached hydrogens (tertiary/aromatic N) is 1. The van der Waals surface area contributed by atoms with Gasteiger partial charge in [-0.3, -0.25) is 4.79 Å². The number of carboxylic acid groups (broad SMARTS) is 1. The zero-order chi connectivity index (χ0) is 12.0. The molecule has 0 radical (unpaired) electrons. The number of carbonyl (C=O) groups is 2. The third kappa shape index (κ3) is 3.68. The standard InChI is InChI=1S/C11H14N2O3/c1-2-3-4-10(14)13-8-5-6-9(11(15)16)12-7-8/h5-7H,2-4H2,1H3,(H,13,14)(H,15,16). The summed E-state index contributed by atoms with van der Waals surface area (Å²) in [6.07, 6.45) is 3.61. The van der Waals surface area contributed by atoms with E-state index in [2.05, 4.69) is 10.3 Å². The highest BCUT2D eigenvalue weighted by Crippen LogP contribution is 2.07. The van der Waals surface area contributed by atoms with Crippen molar-refractivity contribution >= 4 is 17.6 Å². The zero-order valence-electron chi connectivity index (χ0n) is 9.06. The molecule has 1 aromatic rings. The summed E-state index contributed by atoms with van der Waals surface area (Å²) in [6.45, 7) is 2.01. The lowest BCUT2D eigenvalue weighted by molar-refractivity contribution is -0.116. The molecule has 0 atom stereocenters. The fourth-order valence-corrected chi connectivity index (χ4v) is 1.16. The van der Waals surface area contributed by atoms with E-state index >= 15 is 0 Å². The smallest absolute Gasteiger partial charge is 0.354 e. The predicted molar refractivity (Wildman–Crippen MR) is 59.4 cm³/mol. The molecular weight excluding hydrogens is 208 g/mol. The number of rotatable bonds is 5. The van der Waals surface area contributed by atoms with Gasteiger partial charge in [0.15, 0.2) is 0 Å². The number of carbonyl (C=O) groups excluding carboxylic acids is 1. The first-order valence-electron chi connectivity index (χ1n) is 5.12. The van der Waals surface area contributed by atoms with Crippen molar-refractivity contribution in [2.45, 2.75) is 26.2 Å². The van der Waals surface area contributed by atoms with Gasteiger partial charge in [-0.1, -0.05) is 13.3 Å². The molecule has 0 aromatic carbocycles. The van der Waals surface area contributed by atoms with Gasteiger partial charge in [0.1, 0.15) is 5.69 Å². The second kappa shape index (κ2) is 5.85. The second-order valence-electron chi connectivity index (χ2n) is 3.39. The first kappa shape index (κ1) is 12.2. The second-order valence-corrected chi connectivity index (χ2v) is 3.39. The van der Waals surface area contributed by atoms with Gasteiger partial charge in [-0.2, -0.15) is 0 Å². The van der Waals surface area contributed by atoms with Crippen LogP contribution in [0.1, 0.15) is 36.7 Å². The average molecular weight is 222 g/mol. The van der Waals surface area contributed by atoms with E-state index in [0.29, 0.717) is 12.1 Å². The van der Waals surface area contributed by atoms with Crippen LogP contribution in [0.25, 0.3) is 0 Å². The predicted octanol–water partition coefficient (Wildman–Crippen LogP) is 1.91. The van der Waals surface area contributed by atoms with Crippen molar-refractivity contribution in [3.63, 3.8) is 0 Å². The molecule has 5 heteroatoms. The van der Waals surface area contributed by atoms with E-state index < -0.39 is 5.97 Å². The van der Waals surface area contributed by atoms with Gasteiger partial charge in [-0.15, -0.1) is 0 Å². The van der Waals surface area contributed by atoms with Crippen molar-refractivity contribution in [3.05, 3.63) is 24.0 Å². The highest BCUT2D eigenvalue weighted by Gasteiger charge is 2.05. The van der Waals surface area contributed by atoms with Gasteiger partial charge in [-0.05, 0) is 18.6 Å². The van der Waals surface area contributed by atoms with E-state index in [9.17, 15) is 9.59 Å². The maximum atomic E-state index is 11.3. The summed E-state index contributed by atoms with van der Waals surface area (Å²) in [4.78, 5) is 25.6. The molecule has 0 aliphatic heterocycles. The molecule has 0 saturated heterocycles. The molecule has 1 aromatic heterocycles. The van der Waals surface area contributed by atoms with Gasteiger partial charge >= 0.3 is 5.97 Å². The van der Waals surface area contributed by atoms with Crippen LogP contribution >= 0.6 is 0 Å². The Morgan fingerprint density at radius 2 is 2.19 bits per heavy atom. The number of carboxylic acids is 1. The average Bonchev–Trinajstić information content (AvgIpc) is 2.27. The van der Waals surface area contributed by atoms with Crippen molar-refractivity contribution in [2.75, 3.05) is 5.32 Å². The number of pyridine rings is 1. The van der Waals surface area contributed by atoms with E-state index in [0.717, 1.165) is 12.8 Å². The van der Waals surface area contributed by atoms with Crippen molar-refractivity contribution < 1.29 is 14.7 Å². The maximum Gasteiger partial charge on any atom is 0.354 e. The number of hydrogen-bond acceptors (Lipinski definition) is 3. The number of unbranched alkanes of at least 4 members (excludes halogenated alkanes) is 1. The van der Waals surface area contributed by atoms with Gasteiger partial charge in [0.25, 0.3) is 0 Å². The van der Waals surface area contributed by atoms with Crippen LogP contribution in [-0.2, 0) is 4.79 Å². The van der Waals surface area contributed by atoms with Crippen LogP contribution in [0.5, 0.6) is 0 Å². The summed E-state index contributed by atoms with van der Waals surface area (Å²) in [5, 5.41) is 11.3. The van der Waals surface area contributed by atoms with Crippen LogP contribution in [0.3, 0.4) is 0 Å². The Morgan fingerprint density at radius 3 is 2.69 bits per heavy atom. The Balaban J connectivity index is 2.55. The Kier molecular flexibility index (Phi) is 4.44. The Hall–Kier alpha value is -1.91. The van der Waals surface area contributed by atoms with Crippen molar-refractivity contribution in [1.82, 2.24) is 4.98 Å². The van der Waals surface area contributed by atoms with Gasteiger partial charge in [0, 0.05) is 6.42 Å². The number of aromatic carboxylic acids is 1. The molecule has 0 spiro atoms. The largest absolute Gasteiger partial charge is 0.477 e. The highest BCUT2D eigenvalue weighted by atomic mass is 16.4. The van der Waals surface area contributed by atoms with Crippen LogP contribution in [-0.4, -0.2) is 22.0 Å². The van der Waals surface area contributed by atoms with Crippen LogP contribution < -0.4 is 5.32 Å². The van der Waals surface area contributed by atoms with Crippen LogP contribution in [0.2, 0.25) is 0 Å². The Morgan fingerprint density at radius 1 is 1.44 bits per heavy atom. The van der Waals surface area contributed by atoms with E-state index in [-0.39, 0.29) is 11.6 Å². The molecule has 1 heterocycles. The summed E-state index contributed by atoms with van der Waals surface area (Å²) < 4.78 is 0. The summed E-state index contributed by atoms with van der Waals surface area (Å²) in [7, 11) is 0. The molecule has 16 heavy (non-hydrogen) atoms. The normalized spacial score (nSPS) is 9.81. The summed E-state index contributed by atoms with van der Waals surface area (Å²) in [6, 6.07) is 2.89. The van der Waals surface area contributed by atoms with Gasteiger partial charge in [0.05, 0.1) is 11.9 Å². The van der Waals surface area contributed by atoms with Crippen LogP contribution in [0.15, 0.2) is 18.3 Å². The van der Waals surface area contributed by atoms with Gasteiger partial charge in [-0.25, -0.2) is 9.78 Å². The number of amides is 1. The highest BCUT2D eigenvalue weighted by molar-refractivity contribution is 5.91. The number of hydrogen-bond donors (Lipinski definition) is 2. The summed E-state index contributed by atoms with van der Waals surface area (Å²) in [5.41, 5.74) is 0.484. The zero-order valence-corrected chi connectivity index (χ0v) is 9.06. The SMILES string of the molecule is CCCCC(=O)Nc1ccc(C(=O)O)nc1. The van der Waals surface area contributed by atoms with Crippen molar-refractivity contribution in [3.8, 4) is 0 Å². The van der Waals surface area contributed by atoms with E-state index in [4.69, 9.17) is 5.11 Å². The minimum atomic E-state index is -1.08. The van der Waals surface area contributed by atoms with Crippen molar-refractivity contribution in [2.24, 2.45) is 0 Å². The monoisotopic (exact) mass is 222 g/mol. The number of aromatic nitrogens is 1. The summed E-state index contributed by atoms with van der Waals surface area (Å²) >= 11 is 0. The molecular formula is C11H14N2O3. The first-order chi connectivity index (χ1) is 7.63. The van der Waals surface area contributed by atoms with Gasteiger partial charge in [0.2, 0.25) is 5.91 Å². The van der Waals surface area contributed by atoms with Crippen molar-refractivity contribution in [1.29, 1.82) is 0 Å². The fraction of sp³-hybridized carbons (Fsp3) is 0.364. The fourth-order valence-electron chi connectivity index (χ4n) is 1.16. The molecule has 1 amide bonds. The molecule has 0 fully saturated rings. The van der Waals surface area contributed by atoms with Crippen LogP contribution in [0.4, 0.5) is 5.69 Å². The van der Waals surface area contributed by atoms with Crippen LogP contribution in [0, 0.1) is 0 Å². The topological polar surface area (TPSA) is 79.3 Å². The Labute approximate surface area is 93.5 Å². The lowest BCUT2D eigenvalue weighted by atomic mass is 10.2. The van der Waals surface area contributed by atoms with Gasteiger partial charge < -0.3 is 10.4 Å². The van der Waals surface area contributed by atoms with E-state index in [1.54, 1.807) is 0 Å². The molecule has 0 saturated carbocycles. The molecule has 0 aliphatic carbocycles. The first-order valence-corrected chi connectivity index (χ1v) is 5.12. The Bertz CT molecular complexity index is 373. The molecule has 86 valence electrons. The molecule has 1 rings (SSSR count). The lowest BCUT2D eigenvalue weighted by Crippen LogP contribution is -2.11. The number of anilines is 1. The molecule has 0 aliphatic rings. The number of nitrogens with one attached hydrogen (secondary N) is 1. The minimum absolute atomic E-state index is 0.0356. The third-order valence-electron chi connectivity index (χ3n) is 2.02. The molecule has 0 unspecified atom stereocenters. The lowest BCUT2D eigenvalue weighted by Gasteiger charge is -2.04. The molecule has 5 nitrogen and oxygen atoms in total. The summed E-state index contributed by atoms with van der Waals surface area (Å²) in [5.74, 6) is -1.16. The molecule has 0 bridgehead atoms.